The summed E-state index contributed by atoms with van der Waals surface area (Å²) in [5, 5.41) is 11.5. The van der Waals surface area contributed by atoms with Gasteiger partial charge in [0.15, 0.2) is 5.17 Å². The van der Waals surface area contributed by atoms with Crippen LogP contribution in [0.5, 0.6) is 0 Å². The molecule has 0 aromatic heterocycles. The fraction of sp³-hybridized carbons (Fsp3) is 0.364. The Hall–Kier alpha value is -1.02. The van der Waals surface area contributed by atoms with Crippen LogP contribution in [0.3, 0.4) is 0 Å². The molecule has 0 fully saturated rings. The maximum absolute atomic E-state index is 8.47. The second kappa shape index (κ2) is 4.01. The van der Waals surface area contributed by atoms with Crippen molar-refractivity contribution in [1.82, 2.24) is 0 Å². The van der Waals surface area contributed by atoms with Crippen LogP contribution in [0.25, 0.3) is 0 Å². The fourth-order valence-corrected chi connectivity index (χ4v) is 1.29. The van der Waals surface area contributed by atoms with Gasteiger partial charge in [0.1, 0.15) is 0 Å². The van der Waals surface area contributed by atoms with Crippen molar-refractivity contribution in [1.29, 1.82) is 0 Å². The first-order valence-corrected chi connectivity index (χ1v) is 4.81. The molecule has 2 nitrogen and oxygen atoms in total. The van der Waals surface area contributed by atoms with Crippen LogP contribution in [0, 0.1) is 0 Å². The van der Waals surface area contributed by atoms with Crippen molar-refractivity contribution in [3.63, 3.8) is 0 Å². The smallest absolute Gasteiger partial charge is 0.175 e. The molecule has 0 saturated carbocycles. The standard InChI is InChI=1S/C11H14ClNO/c1-11(2,3)9-6-4-8(5-7-9)10(12)13-14/h4-7,14H,1-3H3/b13-10-. The Morgan fingerprint density at radius 2 is 1.71 bits per heavy atom. The molecule has 0 bridgehead atoms. The summed E-state index contributed by atoms with van der Waals surface area (Å²) in [6.07, 6.45) is 0. The van der Waals surface area contributed by atoms with Gasteiger partial charge in [0.25, 0.3) is 0 Å². The van der Waals surface area contributed by atoms with Crippen LogP contribution in [-0.4, -0.2) is 10.4 Å². The molecule has 1 N–H and O–H groups in total. The summed E-state index contributed by atoms with van der Waals surface area (Å²) < 4.78 is 0. The zero-order valence-corrected chi connectivity index (χ0v) is 9.34. The topological polar surface area (TPSA) is 32.6 Å². The lowest BCUT2D eigenvalue weighted by Gasteiger charge is -2.18. The van der Waals surface area contributed by atoms with E-state index in [-0.39, 0.29) is 10.6 Å². The van der Waals surface area contributed by atoms with Crippen molar-refractivity contribution < 1.29 is 5.21 Å². The number of halogens is 1. The molecule has 1 aromatic rings. The van der Waals surface area contributed by atoms with Gasteiger partial charge >= 0.3 is 0 Å². The van der Waals surface area contributed by atoms with Crippen LogP contribution in [-0.2, 0) is 5.41 Å². The van der Waals surface area contributed by atoms with Gasteiger partial charge in [0.05, 0.1) is 0 Å². The minimum atomic E-state index is 0.116. The summed E-state index contributed by atoms with van der Waals surface area (Å²) in [7, 11) is 0. The van der Waals surface area contributed by atoms with E-state index in [4.69, 9.17) is 16.8 Å². The molecule has 0 atom stereocenters. The molecule has 0 aliphatic heterocycles. The third-order valence-corrected chi connectivity index (χ3v) is 2.37. The van der Waals surface area contributed by atoms with Crippen LogP contribution >= 0.6 is 11.6 Å². The molecule has 0 spiro atoms. The normalized spacial score (nSPS) is 13.0. The summed E-state index contributed by atoms with van der Waals surface area (Å²) >= 11 is 5.66. The van der Waals surface area contributed by atoms with E-state index in [1.807, 2.05) is 24.3 Å². The van der Waals surface area contributed by atoms with Crippen molar-refractivity contribution in [2.24, 2.45) is 5.16 Å². The number of hydrogen-bond donors (Lipinski definition) is 1. The molecule has 0 amide bonds. The average Bonchev–Trinajstić information content (AvgIpc) is 2.15. The molecule has 3 heteroatoms. The Balaban J connectivity index is 3.01. The van der Waals surface area contributed by atoms with Crippen molar-refractivity contribution >= 4 is 16.8 Å². The molecule has 0 heterocycles. The number of oxime groups is 1. The first-order valence-electron chi connectivity index (χ1n) is 4.43. The highest BCUT2D eigenvalue weighted by molar-refractivity contribution is 6.69. The summed E-state index contributed by atoms with van der Waals surface area (Å²) in [5.74, 6) is 0. The fourth-order valence-electron chi connectivity index (χ4n) is 1.17. The van der Waals surface area contributed by atoms with Crippen molar-refractivity contribution in [3.8, 4) is 0 Å². The zero-order chi connectivity index (χ0) is 10.8. The van der Waals surface area contributed by atoms with Gasteiger partial charge in [-0.3, -0.25) is 0 Å². The number of nitrogens with zero attached hydrogens (tertiary/aromatic N) is 1. The Kier molecular flexibility index (Phi) is 3.17. The second-order valence-corrected chi connectivity index (χ2v) is 4.58. The van der Waals surface area contributed by atoms with Gasteiger partial charge in [0.2, 0.25) is 0 Å². The maximum Gasteiger partial charge on any atom is 0.175 e. The van der Waals surface area contributed by atoms with E-state index in [2.05, 4.69) is 25.9 Å². The lowest BCUT2D eigenvalue weighted by molar-refractivity contribution is 0.321. The van der Waals surface area contributed by atoms with Gasteiger partial charge in [-0.15, -0.1) is 0 Å². The third kappa shape index (κ3) is 2.48. The summed E-state index contributed by atoms with van der Waals surface area (Å²) in [4.78, 5) is 0. The first-order chi connectivity index (χ1) is 6.45. The van der Waals surface area contributed by atoms with E-state index in [9.17, 15) is 0 Å². The molecule has 0 aliphatic carbocycles. The predicted molar refractivity (Wildman–Crippen MR) is 59.3 cm³/mol. The van der Waals surface area contributed by atoms with Crippen molar-refractivity contribution in [2.45, 2.75) is 26.2 Å². The number of rotatable bonds is 1. The van der Waals surface area contributed by atoms with Crippen LogP contribution < -0.4 is 0 Å². The highest BCUT2D eigenvalue weighted by Crippen LogP contribution is 2.22. The maximum atomic E-state index is 8.47. The molecule has 1 aromatic carbocycles. The molecular formula is C11H14ClNO. The minimum absolute atomic E-state index is 0.116. The van der Waals surface area contributed by atoms with Gasteiger partial charge in [-0.25, -0.2) is 0 Å². The van der Waals surface area contributed by atoms with Crippen molar-refractivity contribution in [3.05, 3.63) is 35.4 Å². The van der Waals surface area contributed by atoms with E-state index in [0.29, 0.717) is 0 Å². The van der Waals surface area contributed by atoms with Gasteiger partial charge < -0.3 is 5.21 Å². The van der Waals surface area contributed by atoms with Crippen LogP contribution in [0.1, 0.15) is 31.9 Å². The number of benzene rings is 1. The predicted octanol–water partition coefficient (Wildman–Crippen LogP) is 3.36. The highest BCUT2D eigenvalue weighted by Gasteiger charge is 2.13. The summed E-state index contributed by atoms with van der Waals surface area (Å²) in [6, 6.07) is 7.68. The molecule has 0 aliphatic rings. The summed E-state index contributed by atoms with van der Waals surface area (Å²) in [6.45, 7) is 6.43. The Morgan fingerprint density at radius 3 is 2.07 bits per heavy atom. The Morgan fingerprint density at radius 1 is 1.21 bits per heavy atom. The van der Waals surface area contributed by atoms with E-state index in [0.717, 1.165) is 5.56 Å². The molecule has 76 valence electrons. The molecule has 0 unspecified atom stereocenters. The van der Waals surface area contributed by atoms with E-state index in [1.54, 1.807) is 0 Å². The van der Waals surface area contributed by atoms with E-state index >= 15 is 0 Å². The third-order valence-electron chi connectivity index (χ3n) is 2.08. The van der Waals surface area contributed by atoms with Crippen LogP contribution in [0.2, 0.25) is 0 Å². The monoisotopic (exact) mass is 211 g/mol. The average molecular weight is 212 g/mol. The van der Waals surface area contributed by atoms with Crippen LogP contribution in [0.4, 0.5) is 0 Å². The van der Waals surface area contributed by atoms with Gasteiger partial charge in [-0.1, -0.05) is 61.8 Å². The highest BCUT2D eigenvalue weighted by atomic mass is 35.5. The largest absolute Gasteiger partial charge is 0.410 e. The SMILES string of the molecule is CC(C)(C)c1ccc(/C(Cl)=N/O)cc1. The number of hydrogen-bond acceptors (Lipinski definition) is 2. The Bertz CT molecular complexity index is 335. The van der Waals surface area contributed by atoms with Crippen LogP contribution in [0.15, 0.2) is 29.4 Å². The molecule has 14 heavy (non-hydrogen) atoms. The van der Waals surface area contributed by atoms with E-state index < -0.39 is 0 Å². The molecule has 0 radical (unpaired) electrons. The minimum Gasteiger partial charge on any atom is -0.410 e. The molecule has 1 rings (SSSR count). The Labute approximate surface area is 89.2 Å². The molecular weight excluding hydrogens is 198 g/mol. The summed E-state index contributed by atoms with van der Waals surface area (Å²) in [5.41, 5.74) is 2.08. The second-order valence-electron chi connectivity index (χ2n) is 4.22. The van der Waals surface area contributed by atoms with Gasteiger partial charge in [-0.2, -0.15) is 0 Å². The van der Waals surface area contributed by atoms with E-state index in [1.165, 1.54) is 5.56 Å². The lowest BCUT2D eigenvalue weighted by atomic mass is 9.87. The van der Waals surface area contributed by atoms with Gasteiger partial charge in [0, 0.05) is 5.56 Å². The first kappa shape index (κ1) is 11.1. The quantitative estimate of drug-likeness (QED) is 0.431. The van der Waals surface area contributed by atoms with Crippen molar-refractivity contribution in [2.75, 3.05) is 0 Å². The molecule has 0 saturated heterocycles. The van der Waals surface area contributed by atoms with Gasteiger partial charge in [-0.05, 0) is 11.0 Å². The zero-order valence-electron chi connectivity index (χ0n) is 8.58. The lowest BCUT2D eigenvalue weighted by Crippen LogP contribution is -2.10.